The second kappa shape index (κ2) is 6.19. The van der Waals surface area contributed by atoms with Gasteiger partial charge in [-0.3, -0.25) is 4.79 Å². The summed E-state index contributed by atoms with van der Waals surface area (Å²) in [5, 5.41) is 3.13. The maximum Gasteiger partial charge on any atom is 0.196 e. The monoisotopic (exact) mass is 270 g/mol. The zero-order valence-electron chi connectivity index (χ0n) is 11.9. The number of methoxy groups -OCH3 is 1. The fourth-order valence-corrected chi connectivity index (χ4v) is 1.96. The van der Waals surface area contributed by atoms with Crippen LogP contribution in [0.3, 0.4) is 0 Å². The van der Waals surface area contributed by atoms with Crippen LogP contribution in [0, 0.1) is 6.92 Å². The molecule has 104 valence electrons. The average Bonchev–Trinajstić information content (AvgIpc) is 2.47. The molecule has 0 saturated carbocycles. The highest BCUT2D eigenvalue weighted by Gasteiger charge is 2.15. The van der Waals surface area contributed by atoms with Gasteiger partial charge in [-0.15, -0.1) is 0 Å². The van der Waals surface area contributed by atoms with E-state index >= 15 is 0 Å². The van der Waals surface area contributed by atoms with Gasteiger partial charge < -0.3 is 10.1 Å². The van der Waals surface area contributed by atoms with Crippen LogP contribution < -0.4 is 10.1 Å². The summed E-state index contributed by atoms with van der Waals surface area (Å²) in [6, 6.07) is 10.8. The molecule has 0 atom stereocenters. The number of aromatic nitrogens is 1. The van der Waals surface area contributed by atoms with Crippen molar-refractivity contribution in [1.29, 1.82) is 0 Å². The number of carbonyl (C=O) groups is 1. The first-order valence-corrected chi connectivity index (χ1v) is 6.56. The van der Waals surface area contributed by atoms with Gasteiger partial charge >= 0.3 is 0 Å². The number of nitrogens with zero attached hydrogens (tertiary/aromatic N) is 1. The number of carbonyl (C=O) groups excluding carboxylic acids is 1. The van der Waals surface area contributed by atoms with Crippen molar-refractivity contribution in [1.82, 2.24) is 4.98 Å². The normalized spacial score (nSPS) is 10.2. The van der Waals surface area contributed by atoms with Gasteiger partial charge in [0.2, 0.25) is 0 Å². The maximum atomic E-state index is 12.6. The summed E-state index contributed by atoms with van der Waals surface area (Å²) in [5.74, 6) is 1.23. The predicted octanol–water partition coefficient (Wildman–Crippen LogP) is 3.06. The van der Waals surface area contributed by atoms with Crippen molar-refractivity contribution in [3.05, 3.63) is 53.2 Å². The molecule has 2 aromatic rings. The van der Waals surface area contributed by atoms with Crippen molar-refractivity contribution in [3.8, 4) is 5.75 Å². The summed E-state index contributed by atoms with van der Waals surface area (Å²) >= 11 is 0. The third-order valence-electron chi connectivity index (χ3n) is 2.96. The van der Waals surface area contributed by atoms with Crippen molar-refractivity contribution in [2.24, 2.45) is 0 Å². The van der Waals surface area contributed by atoms with Gasteiger partial charge in [-0.25, -0.2) is 4.98 Å². The van der Waals surface area contributed by atoms with Crippen LogP contribution in [0.4, 0.5) is 5.82 Å². The van der Waals surface area contributed by atoms with Crippen LogP contribution >= 0.6 is 0 Å². The van der Waals surface area contributed by atoms with Gasteiger partial charge in [0.25, 0.3) is 0 Å². The van der Waals surface area contributed by atoms with E-state index in [1.807, 2.05) is 32.0 Å². The Hall–Kier alpha value is -2.36. The van der Waals surface area contributed by atoms with Crippen LogP contribution in [-0.4, -0.2) is 24.4 Å². The summed E-state index contributed by atoms with van der Waals surface area (Å²) in [5.41, 5.74) is 2.04. The van der Waals surface area contributed by atoms with E-state index in [1.54, 1.807) is 25.3 Å². The highest BCUT2D eigenvalue weighted by atomic mass is 16.5. The molecule has 0 saturated heterocycles. The summed E-state index contributed by atoms with van der Waals surface area (Å²) in [4.78, 5) is 17.0. The Kier molecular flexibility index (Phi) is 4.35. The first-order chi connectivity index (χ1) is 9.65. The highest BCUT2D eigenvalue weighted by Crippen LogP contribution is 2.20. The van der Waals surface area contributed by atoms with E-state index in [-0.39, 0.29) is 5.78 Å². The molecule has 1 aromatic carbocycles. The number of nitrogens with one attached hydrogen (secondary N) is 1. The lowest BCUT2D eigenvalue weighted by molar-refractivity contribution is 0.103. The number of benzene rings is 1. The largest absolute Gasteiger partial charge is 0.497 e. The second-order valence-electron chi connectivity index (χ2n) is 4.44. The zero-order valence-corrected chi connectivity index (χ0v) is 11.9. The molecule has 1 N–H and O–H groups in total. The Morgan fingerprint density at radius 1 is 1.30 bits per heavy atom. The molecule has 0 bridgehead atoms. The van der Waals surface area contributed by atoms with Crippen LogP contribution in [0.5, 0.6) is 5.75 Å². The number of hydrogen-bond donors (Lipinski definition) is 1. The van der Waals surface area contributed by atoms with Crippen LogP contribution in [0.1, 0.15) is 28.5 Å². The summed E-state index contributed by atoms with van der Waals surface area (Å²) in [6.45, 7) is 4.60. The number of rotatable bonds is 5. The Morgan fingerprint density at radius 3 is 2.80 bits per heavy atom. The van der Waals surface area contributed by atoms with E-state index < -0.39 is 0 Å². The molecule has 20 heavy (non-hydrogen) atoms. The number of ketones is 1. The molecular weight excluding hydrogens is 252 g/mol. The third kappa shape index (κ3) is 2.96. The molecule has 0 aliphatic carbocycles. The topological polar surface area (TPSA) is 51.2 Å². The van der Waals surface area contributed by atoms with E-state index in [9.17, 15) is 4.79 Å². The van der Waals surface area contributed by atoms with Gasteiger partial charge in [0.05, 0.1) is 12.7 Å². The highest BCUT2D eigenvalue weighted by molar-refractivity contribution is 6.12. The smallest absolute Gasteiger partial charge is 0.196 e. The van der Waals surface area contributed by atoms with Gasteiger partial charge in [-0.2, -0.15) is 0 Å². The Labute approximate surface area is 118 Å². The van der Waals surface area contributed by atoms with E-state index in [0.29, 0.717) is 22.7 Å². The standard InChI is InChI=1S/C16H18N2O2/c1-4-17-16-14(9-8-11(2)18-16)15(19)12-6-5-7-13(10-12)20-3/h5-10H,4H2,1-3H3,(H,17,18). The van der Waals surface area contributed by atoms with Crippen molar-refractivity contribution < 1.29 is 9.53 Å². The first-order valence-electron chi connectivity index (χ1n) is 6.56. The molecule has 0 spiro atoms. The molecule has 4 nitrogen and oxygen atoms in total. The molecule has 4 heteroatoms. The Morgan fingerprint density at radius 2 is 2.10 bits per heavy atom. The first kappa shape index (κ1) is 14.1. The molecule has 0 radical (unpaired) electrons. The molecule has 2 rings (SSSR count). The molecule has 0 unspecified atom stereocenters. The number of aryl methyl sites for hydroxylation is 1. The summed E-state index contributed by atoms with van der Waals surface area (Å²) < 4.78 is 5.15. The van der Waals surface area contributed by atoms with E-state index in [0.717, 1.165) is 12.2 Å². The average molecular weight is 270 g/mol. The third-order valence-corrected chi connectivity index (χ3v) is 2.96. The predicted molar refractivity (Wildman–Crippen MR) is 79.6 cm³/mol. The fraction of sp³-hybridized carbons (Fsp3) is 0.250. The van der Waals surface area contributed by atoms with Gasteiger partial charge in [-0.05, 0) is 38.1 Å². The Bertz CT molecular complexity index is 624. The van der Waals surface area contributed by atoms with Crippen LogP contribution in [-0.2, 0) is 0 Å². The maximum absolute atomic E-state index is 12.6. The minimum absolute atomic E-state index is 0.0626. The van der Waals surface area contributed by atoms with E-state index in [4.69, 9.17) is 4.74 Å². The van der Waals surface area contributed by atoms with E-state index in [1.165, 1.54) is 0 Å². The Balaban J connectivity index is 2.41. The lowest BCUT2D eigenvalue weighted by Gasteiger charge is -2.10. The molecule has 0 aliphatic rings. The molecule has 0 fully saturated rings. The fourth-order valence-electron chi connectivity index (χ4n) is 1.96. The van der Waals surface area contributed by atoms with Crippen LogP contribution in [0.2, 0.25) is 0 Å². The zero-order chi connectivity index (χ0) is 14.5. The SMILES string of the molecule is CCNc1nc(C)ccc1C(=O)c1cccc(OC)c1. The van der Waals surface area contributed by atoms with Crippen molar-refractivity contribution in [2.75, 3.05) is 19.0 Å². The van der Waals surface area contributed by atoms with Crippen molar-refractivity contribution in [2.45, 2.75) is 13.8 Å². The number of anilines is 1. The minimum atomic E-state index is -0.0626. The molecule has 1 aromatic heterocycles. The van der Waals surface area contributed by atoms with Crippen LogP contribution in [0.15, 0.2) is 36.4 Å². The van der Waals surface area contributed by atoms with Gasteiger partial charge in [0.1, 0.15) is 11.6 Å². The molecule has 0 aliphatic heterocycles. The molecular formula is C16H18N2O2. The second-order valence-corrected chi connectivity index (χ2v) is 4.44. The van der Waals surface area contributed by atoms with Gasteiger partial charge in [0, 0.05) is 17.8 Å². The van der Waals surface area contributed by atoms with Crippen LogP contribution in [0.25, 0.3) is 0 Å². The van der Waals surface area contributed by atoms with Crippen molar-refractivity contribution in [3.63, 3.8) is 0 Å². The van der Waals surface area contributed by atoms with E-state index in [2.05, 4.69) is 10.3 Å². The lowest BCUT2D eigenvalue weighted by Crippen LogP contribution is -2.10. The lowest BCUT2D eigenvalue weighted by atomic mass is 10.0. The number of hydrogen-bond acceptors (Lipinski definition) is 4. The number of ether oxygens (including phenoxy) is 1. The van der Waals surface area contributed by atoms with Gasteiger partial charge in [-0.1, -0.05) is 12.1 Å². The summed E-state index contributed by atoms with van der Waals surface area (Å²) in [7, 11) is 1.58. The minimum Gasteiger partial charge on any atom is -0.497 e. The molecule has 0 amide bonds. The quantitative estimate of drug-likeness (QED) is 0.848. The van der Waals surface area contributed by atoms with Crippen molar-refractivity contribution >= 4 is 11.6 Å². The molecule has 1 heterocycles. The summed E-state index contributed by atoms with van der Waals surface area (Å²) in [6.07, 6.45) is 0. The van der Waals surface area contributed by atoms with Gasteiger partial charge in [0.15, 0.2) is 5.78 Å². The number of pyridine rings is 1.